The van der Waals surface area contributed by atoms with Gasteiger partial charge in [0, 0.05) is 0 Å². The number of anilines is 1. The van der Waals surface area contributed by atoms with Crippen molar-refractivity contribution in [2.45, 2.75) is 0 Å². The molecule has 0 spiro atoms. The van der Waals surface area contributed by atoms with E-state index in [-0.39, 0.29) is 15.6 Å². The van der Waals surface area contributed by atoms with Gasteiger partial charge in [-0.1, -0.05) is 60.4 Å². The van der Waals surface area contributed by atoms with Gasteiger partial charge in [-0.15, -0.1) is 0 Å². The van der Waals surface area contributed by atoms with Crippen LogP contribution in [0.4, 0.5) is 10.1 Å². The summed E-state index contributed by atoms with van der Waals surface area (Å²) < 4.78 is 14.2. The molecule has 120 valence electrons. The van der Waals surface area contributed by atoms with Crippen LogP contribution in [-0.4, -0.2) is 16.2 Å². The van der Waals surface area contributed by atoms with E-state index in [1.54, 1.807) is 24.3 Å². The third-order valence-corrected chi connectivity index (χ3v) is 4.63. The van der Waals surface area contributed by atoms with Crippen molar-refractivity contribution >= 4 is 51.9 Å². The average Bonchev–Trinajstić information content (AvgIpc) is 2.83. The van der Waals surface area contributed by atoms with Gasteiger partial charge < -0.3 is 9.90 Å². The number of para-hydroxylation sites is 1. The van der Waals surface area contributed by atoms with Gasteiger partial charge in [0.15, 0.2) is 4.32 Å². The summed E-state index contributed by atoms with van der Waals surface area (Å²) in [5, 5.41) is 10.7. The lowest BCUT2D eigenvalue weighted by atomic mass is 10.1. The first kappa shape index (κ1) is 16.4. The van der Waals surface area contributed by atoms with Gasteiger partial charge in [0.25, 0.3) is 5.91 Å². The highest BCUT2D eigenvalue weighted by molar-refractivity contribution is 8.27. The fourth-order valence-corrected chi connectivity index (χ4v) is 3.46. The number of thioether (sulfide) groups is 1. The molecule has 1 amide bonds. The predicted molar refractivity (Wildman–Crippen MR) is 92.8 cm³/mol. The maximum Gasteiger partial charge on any atom is 0.270 e. The topological polar surface area (TPSA) is 60.4 Å². The van der Waals surface area contributed by atoms with E-state index < -0.39 is 17.7 Å². The summed E-state index contributed by atoms with van der Waals surface area (Å²) in [4.78, 5) is 24.8. The minimum atomic E-state index is -1.27. The number of carboxylic acid groups (broad SMARTS) is 1. The number of rotatable bonds is 3. The van der Waals surface area contributed by atoms with Crippen LogP contribution in [-0.2, 0) is 4.79 Å². The van der Waals surface area contributed by atoms with E-state index in [0.29, 0.717) is 10.5 Å². The van der Waals surface area contributed by atoms with Crippen LogP contribution >= 0.6 is 24.0 Å². The number of carboxylic acids is 1. The fourth-order valence-electron chi connectivity index (χ4n) is 2.18. The van der Waals surface area contributed by atoms with Gasteiger partial charge in [-0.2, -0.15) is 0 Å². The standard InChI is InChI=1S/C17H10FNO3S2/c18-12-3-1-2-4-13(12)19-15(20)14(24-17(19)23)9-10-5-7-11(8-6-10)16(21)22/h1-9H,(H,21,22)/p-1/b14-9-. The molecule has 1 aliphatic heterocycles. The molecule has 1 fully saturated rings. The zero-order valence-electron chi connectivity index (χ0n) is 12.1. The number of nitrogens with zero attached hydrogens (tertiary/aromatic N) is 1. The second-order valence-electron chi connectivity index (χ2n) is 4.88. The Morgan fingerprint density at radius 2 is 1.83 bits per heavy atom. The van der Waals surface area contributed by atoms with E-state index in [9.17, 15) is 19.1 Å². The molecule has 1 aliphatic rings. The summed E-state index contributed by atoms with van der Waals surface area (Å²) in [6.07, 6.45) is 1.58. The lowest BCUT2D eigenvalue weighted by molar-refractivity contribution is -0.255. The lowest BCUT2D eigenvalue weighted by Crippen LogP contribution is -2.28. The van der Waals surface area contributed by atoms with Crippen molar-refractivity contribution in [1.29, 1.82) is 0 Å². The molecule has 1 saturated heterocycles. The van der Waals surface area contributed by atoms with Crippen LogP contribution in [0.3, 0.4) is 0 Å². The fraction of sp³-hybridized carbons (Fsp3) is 0. The van der Waals surface area contributed by atoms with Crippen molar-refractivity contribution in [1.82, 2.24) is 0 Å². The molecular formula is C17H9FNO3S2-. The van der Waals surface area contributed by atoms with Crippen molar-refractivity contribution in [3.63, 3.8) is 0 Å². The Balaban J connectivity index is 1.91. The molecule has 7 heteroatoms. The second-order valence-corrected chi connectivity index (χ2v) is 6.55. The Kier molecular flexibility index (Phi) is 4.46. The summed E-state index contributed by atoms with van der Waals surface area (Å²) in [6, 6.07) is 11.8. The maximum atomic E-state index is 13.9. The minimum absolute atomic E-state index is 0.0473. The van der Waals surface area contributed by atoms with E-state index in [4.69, 9.17) is 12.2 Å². The Morgan fingerprint density at radius 3 is 2.46 bits per heavy atom. The molecule has 0 atom stereocenters. The first-order valence-electron chi connectivity index (χ1n) is 6.81. The number of carbonyl (C=O) groups excluding carboxylic acids is 2. The Bertz CT molecular complexity index is 878. The van der Waals surface area contributed by atoms with Gasteiger partial charge in [-0.25, -0.2) is 4.39 Å². The molecule has 24 heavy (non-hydrogen) atoms. The first-order chi connectivity index (χ1) is 11.5. The normalized spacial score (nSPS) is 16.0. The summed E-state index contributed by atoms with van der Waals surface area (Å²) >= 11 is 6.25. The third-order valence-electron chi connectivity index (χ3n) is 3.33. The molecule has 0 saturated carbocycles. The van der Waals surface area contributed by atoms with E-state index >= 15 is 0 Å². The molecular weight excluding hydrogens is 349 g/mol. The van der Waals surface area contributed by atoms with Crippen LogP contribution in [0.1, 0.15) is 15.9 Å². The van der Waals surface area contributed by atoms with Gasteiger partial charge in [-0.05, 0) is 29.3 Å². The molecule has 3 rings (SSSR count). The van der Waals surface area contributed by atoms with Gasteiger partial charge in [0.2, 0.25) is 0 Å². The maximum absolute atomic E-state index is 13.9. The minimum Gasteiger partial charge on any atom is -0.545 e. The van der Waals surface area contributed by atoms with Crippen LogP contribution < -0.4 is 10.0 Å². The molecule has 2 aromatic rings. The number of benzene rings is 2. The smallest absolute Gasteiger partial charge is 0.270 e. The quantitative estimate of drug-likeness (QED) is 0.623. The number of carbonyl (C=O) groups is 2. The van der Waals surface area contributed by atoms with Crippen LogP contribution in [0.15, 0.2) is 53.4 Å². The highest BCUT2D eigenvalue weighted by Crippen LogP contribution is 2.36. The molecule has 0 N–H and O–H groups in total. The van der Waals surface area contributed by atoms with Crippen molar-refractivity contribution in [2.24, 2.45) is 0 Å². The Labute approximate surface area is 146 Å². The first-order valence-corrected chi connectivity index (χ1v) is 8.04. The van der Waals surface area contributed by atoms with Crippen LogP contribution in [0.2, 0.25) is 0 Å². The summed E-state index contributed by atoms with van der Waals surface area (Å²) in [7, 11) is 0. The largest absolute Gasteiger partial charge is 0.545 e. The molecule has 0 bridgehead atoms. The molecule has 0 aliphatic carbocycles. The zero-order chi connectivity index (χ0) is 17.3. The summed E-state index contributed by atoms with van der Waals surface area (Å²) in [5.41, 5.74) is 0.788. The number of halogens is 1. The molecule has 0 unspecified atom stereocenters. The van der Waals surface area contributed by atoms with Crippen LogP contribution in [0.25, 0.3) is 6.08 Å². The number of amides is 1. The number of hydrogen-bond donors (Lipinski definition) is 0. The van der Waals surface area contributed by atoms with Crippen molar-refractivity contribution in [2.75, 3.05) is 4.90 Å². The number of thiocarbonyl (C=S) groups is 1. The predicted octanol–water partition coefficient (Wildman–Crippen LogP) is 2.60. The van der Waals surface area contributed by atoms with Crippen LogP contribution in [0, 0.1) is 5.82 Å². The molecule has 0 radical (unpaired) electrons. The van der Waals surface area contributed by atoms with Gasteiger partial charge in [-0.3, -0.25) is 9.69 Å². The highest BCUT2D eigenvalue weighted by Gasteiger charge is 2.34. The molecule has 1 heterocycles. The summed E-state index contributed by atoms with van der Waals surface area (Å²) in [5.74, 6) is -2.22. The monoisotopic (exact) mass is 358 g/mol. The van der Waals surface area contributed by atoms with Gasteiger partial charge in [0.1, 0.15) is 5.82 Å². The Morgan fingerprint density at radius 1 is 1.17 bits per heavy atom. The van der Waals surface area contributed by atoms with E-state index in [1.807, 2.05) is 0 Å². The highest BCUT2D eigenvalue weighted by atomic mass is 32.2. The van der Waals surface area contributed by atoms with Gasteiger partial charge >= 0.3 is 0 Å². The number of aromatic carboxylic acids is 1. The number of hydrogen-bond acceptors (Lipinski definition) is 5. The molecule has 4 nitrogen and oxygen atoms in total. The van der Waals surface area contributed by atoms with Crippen molar-refractivity contribution in [3.05, 3.63) is 70.4 Å². The molecule has 0 aromatic heterocycles. The lowest BCUT2D eigenvalue weighted by Gasteiger charge is -2.14. The Hall–Kier alpha value is -2.51. The average molecular weight is 358 g/mol. The molecule has 2 aromatic carbocycles. The third kappa shape index (κ3) is 3.08. The second kappa shape index (κ2) is 6.54. The van der Waals surface area contributed by atoms with Crippen molar-refractivity contribution in [3.8, 4) is 0 Å². The van der Waals surface area contributed by atoms with Crippen molar-refractivity contribution < 1.29 is 19.1 Å². The SMILES string of the molecule is O=C([O-])c1ccc(/C=C2\SC(=S)N(c3ccccc3F)C2=O)cc1. The van der Waals surface area contributed by atoms with E-state index in [1.165, 1.54) is 30.3 Å². The summed E-state index contributed by atoms with van der Waals surface area (Å²) in [6.45, 7) is 0. The van der Waals surface area contributed by atoms with E-state index in [0.717, 1.165) is 16.7 Å². The van der Waals surface area contributed by atoms with Crippen LogP contribution in [0.5, 0.6) is 0 Å². The van der Waals surface area contributed by atoms with Gasteiger partial charge in [0.05, 0.1) is 16.6 Å². The zero-order valence-corrected chi connectivity index (χ0v) is 13.7. The van der Waals surface area contributed by atoms with E-state index in [2.05, 4.69) is 0 Å².